The third kappa shape index (κ3) is 7.11. The van der Waals surface area contributed by atoms with Gasteiger partial charge in [-0.05, 0) is 43.7 Å². The summed E-state index contributed by atoms with van der Waals surface area (Å²) in [4.78, 5) is 29.0. The summed E-state index contributed by atoms with van der Waals surface area (Å²) in [6.07, 6.45) is 1.98. The molecule has 0 radical (unpaired) electrons. The number of nitrogens with one attached hydrogen (secondary N) is 1. The van der Waals surface area contributed by atoms with E-state index in [9.17, 15) is 28.3 Å². The Bertz CT molecular complexity index is 1380. The van der Waals surface area contributed by atoms with Crippen LogP contribution in [-0.2, 0) is 11.2 Å². The van der Waals surface area contributed by atoms with Crippen molar-refractivity contribution in [1.29, 1.82) is 5.26 Å². The van der Waals surface area contributed by atoms with Gasteiger partial charge in [-0.1, -0.05) is 0 Å². The van der Waals surface area contributed by atoms with Gasteiger partial charge in [0.1, 0.15) is 28.7 Å². The molecule has 2 saturated heterocycles. The molecule has 3 aliphatic heterocycles. The Morgan fingerprint density at radius 1 is 1.09 bits per heavy atom. The Labute approximate surface area is 259 Å². The van der Waals surface area contributed by atoms with Crippen LogP contribution in [0.1, 0.15) is 30.6 Å². The number of nitrogens with zero attached hydrogens (tertiary/aromatic N) is 7. The lowest BCUT2D eigenvalue weighted by atomic mass is 9.76. The Morgan fingerprint density at radius 2 is 1.86 bits per heavy atom. The minimum absolute atomic E-state index is 0.132. The maximum absolute atomic E-state index is 12.9. The van der Waals surface area contributed by atoms with Crippen molar-refractivity contribution in [1.82, 2.24) is 29.6 Å². The highest BCUT2D eigenvalue weighted by Gasteiger charge is 2.43. The van der Waals surface area contributed by atoms with E-state index in [2.05, 4.69) is 42.1 Å². The van der Waals surface area contributed by atoms with Gasteiger partial charge in [0, 0.05) is 81.8 Å². The zero-order valence-electron chi connectivity index (χ0n) is 24.6. The number of hydrogen-bond donors (Lipinski definition) is 2. The van der Waals surface area contributed by atoms with Crippen molar-refractivity contribution in [2.45, 2.75) is 56.5 Å². The first-order chi connectivity index (χ1) is 21.2. The van der Waals surface area contributed by atoms with E-state index in [0.29, 0.717) is 28.2 Å². The number of hydrogen-bond acceptors (Lipinski definition) is 10. The van der Waals surface area contributed by atoms with Gasteiger partial charge in [0.25, 0.3) is 0 Å². The molecule has 1 aliphatic carbocycles. The molecule has 4 aliphatic rings. The van der Waals surface area contributed by atoms with E-state index in [-0.39, 0.29) is 28.8 Å². The Kier molecular flexibility index (Phi) is 9.28. The van der Waals surface area contributed by atoms with Crippen LogP contribution >= 0.6 is 11.3 Å². The largest absolute Gasteiger partial charge is 0.393 e. The van der Waals surface area contributed by atoms with Gasteiger partial charge in [0.05, 0.1) is 17.9 Å². The number of piperidine rings is 1. The van der Waals surface area contributed by atoms with Gasteiger partial charge in [-0.15, -0.1) is 11.3 Å². The minimum Gasteiger partial charge on any atom is -0.393 e. The molecule has 3 fully saturated rings. The summed E-state index contributed by atoms with van der Waals surface area (Å²) in [5.74, 6) is 0.964. The van der Waals surface area contributed by atoms with Crippen molar-refractivity contribution in [3.05, 3.63) is 29.0 Å². The van der Waals surface area contributed by atoms with E-state index in [4.69, 9.17) is 0 Å². The van der Waals surface area contributed by atoms with Crippen molar-refractivity contribution >= 4 is 33.8 Å². The molecule has 2 N–H and O–H groups in total. The number of likely N-dealkylation sites (tertiary alicyclic amines) is 1. The molecular formula is C30H39F3N8O2S. The molecule has 1 amide bonds. The topological polar surface area (TPSA) is 112 Å². The van der Waals surface area contributed by atoms with Gasteiger partial charge >= 0.3 is 6.18 Å². The quantitative estimate of drug-likeness (QED) is 0.403. The summed E-state index contributed by atoms with van der Waals surface area (Å²) in [5.41, 5.74) is 0.709. The molecule has 10 nitrogen and oxygen atoms in total. The third-order valence-corrected chi connectivity index (χ3v) is 10.7. The van der Waals surface area contributed by atoms with Crippen molar-refractivity contribution < 1.29 is 23.1 Å². The molecule has 2 aromatic heterocycles. The second-order valence-corrected chi connectivity index (χ2v) is 13.7. The van der Waals surface area contributed by atoms with E-state index >= 15 is 0 Å². The van der Waals surface area contributed by atoms with Crippen LogP contribution in [0.15, 0.2) is 24.2 Å². The molecule has 4 atom stereocenters. The molecular weight excluding hydrogens is 593 g/mol. The first-order valence-corrected chi connectivity index (χ1v) is 16.3. The van der Waals surface area contributed by atoms with Crippen LogP contribution in [0, 0.1) is 23.2 Å². The number of anilines is 1. The lowest BCUT2D eigenvalue weighted by molar-refractivity contribution is -0.126. The molecule has 1 saturated carbocycles. The zero-order chi connectivity index (χ0) is 30.8. The average Bonchev–Trinajstić information content (AvgIpc) is 3.57. The Morgan fingerprint density at radius 3 is 2.57 bits per heavy atom. The van der Waals surface area contributed by atoms with E-state index in [0.717, 1.165) is 95.9 Å². The molecule has 5 heterocycles. The zero-order valence-corrected chi connectivity index (χ0v) is 25.4. The molecule has 6 rings (SSSR count). The maximum atomic E-state index is 12.9. The highest BCUT2D eigenvalue weighted by atomic mass is 32.1. The first-order valence-electron chi connectivity index (χ1n) is 15.5. The number of carbonyl (C=O) groups excluding carboxylic acids is 1. The van der Waals surface area contributed by atoms with Crippen LogP contribution in [0.4, 0.5) is 19.0 Å². The number of halogens is 3. The summed E-state index contributed by atoms with van der Waals surface area (Å²) < 4.78 is 38.7. The fraction of sp³-hybridized carbons (Fsp3) is 0.667. The van der Waals surface area contributed by atoms with Crippen molar-refractivity contribution in [3.63, 3.8) is 0 Å². The van der Waals surface area contributed by atoms with E-state index in [1.54, 1.807) is 11.0 Å². The van der Waals surface area contributed by atoms with Crippen LogP contribution in [0.5, 0.6) is 0 Å². The van der Waals surface area contributed by atoms with Crippen LogP contribution in [0.25, 0.3) is 10.2 Å². The fourth-order valence-corrected chi connectivity index (χ4v) is 8.33. The predicted molar refractivity (Wildman–Crippen MR) is 161 cm³/mol. The number of rotatable bonds is 9. The summed E-state index contributed by atoms with van der Waals surface area (Å²) in [6, 6.07) is 4.23. The molecule has 0 spiro atoms. The van der Waals surface area contributed by atoms with Crippen molar-refractivity contribution in [2.75, 3.05) is 64.2 Å². The van der Waals surface area contributed by atoms with Crippen LogP contribution < -0.4 is 5.32 Å². The molecule has 0 bridgehead atoms. The summed E-state index contributed by atoms with van der Waals surface area (Å²) in [7, 11) is 0. The lowest BCUT2D eigenvalue weighted by Crippen LogP contribution is -2.51. The van der Waals surface area contributed by atoms with Crippen LogP contribution in [0.2, 0.25) is 0 Å². The predicted octanol–water partition coefficient (Wildman–Crippen LogP) is 2.93. The lowest BCUT2D eigenvalue weighted by Gasteiger charge is -2.43. The number of amides is 1. The fourth-order valence-electron chi connectivity index (χ4n) is 7.31. The number of thiophene rings is 1. The van der Waals surface area contributed by atoms with Gasteiger partial charge in [-0.2, -0.15) is 18.4 Å². The number of piperazine rings is 1. The second-order valence-electron chi connectivity index (χ2n) is 12.5. The number of aromatic nitrogens is 2. The number of aliphatic hydroxyl groups excluding tert-OH is 1. The molecule has 14 heteroatoms. The number of nitriles is 1. The van der Waals surface area contributed by atoms with Gasteiger partial charge < -0.3 is 25.1 Å². The molecule has 238 valence electrons. The Hall–Kier alpha value is -2.99. The van der Waals surface area contributed by atoms with Crippen molar-refractivity contribution in [3.8, 4) is 6.07 Å². The second kappa shape index (κ2) is 13.2. The number of aliphatic hydroxyl groups is 1. The average molecular weight is 633 g/mol. The highest BCUT2D eigenvalue weighted by molar-refractivity contribution is 7.18. The number of allylic oxidation sites excluding steroid dienone is 1. The van der Waals surface area contributed by atoms with E-state index in [1.165, 1.54) is 6.33 Å². The van der Waals surface area contributed by atoms with Gasteiger partial charge in [0.2, 0.25) is 6.41 Å². The molecule has 44 heavy (non-hydrogen) atoms. The summed E-state index contributed by atoms with van der Waals surface area (Å²) in [6.45, 7) is 7.23. The van der Waals surface area contributed by atoms with Gasteiger partial charge in [0.15, 0.2) is 0 Å². The molecule has 0 aromatic carbocycles. The monoisotopic (exact) mass is 632 g/mol. The van der Waals surface area contributed by atoms with Gasteiger partial charge in [-0.3, -0.25) is 9.69 Å². The normalized spacial score (nSPS) is 27.3. The van der Waals surface area contributed by atoms with Crippen molar-refractivity contribution in [2.24, 2.45) is 11.8 Å². The maximum Gasteiger partial charge on any atom is 0.393 e. The number of fused-ring (bicyclic) bond motifs is 2. The van der Waals surface area contributed by atoms with E-state index in [1.807, 2.05) is 0 Å². The standard InChI is InChI=1S/C30H39F3N8O2S/c31-30(32,33)15-24-13-25-28(35-18-36-29(25)44-24)37-22-1-3-39(4-2-22)17-21-11-20-12-23(16-34)41(26(20)14-27(21)43)10-9-38-5-7-40(19-42)8-6-38/h12-13,18-22,26-27,43H,1-11,14-15,17H2,(H,35,36,37). The SMILES string of the molecule is N#CC1=CC2CC(CN3CCC(Nc4ncnc5sc(CC(F)(F)F)cc45)CC3)C(O)CC2N1CCN1CCN(C=O)CC1. The summed E-state index contributed by atoms with van der Waals surface area (Å²) >= 11 is 1.06. The minimum atomic E-state index is -4.26. The first kappa shape index (κ1) is 31.0. The van der Waals surface area contributed by atoms with Gasteiger partial charge in [-0.25, -0.2) is 9.97 Å². The number of carbonyl (C=O) groups is 1. The summed E-state index contributed by atoms with van der Waals surface area (Å²) in [5, 5.41) is 25.2. The number of alkyl halides is 3. The van der Waals surface area contributed by atoms with Crippen LogP contribution in [-0.4, -0.2) is 124 Å². The smallest absolute Gasteiger partial charge is 0.393 e. The van der Waals surface area contributed by atoms with E-state index < -0.39 is 18.7 Å². The van der Waals surface area contributed by atoms with Crippen LogP contribution in [0.3, 0.4) is 0 Å². The Balaban J connectivity index is 0.990. The molecule has 4 unspecified atom stereocenters. The highest BCUT2D eigenvalue weighted by Crippen LogP contribution is 2.41. The third-order valence-electron chi connectivity index (χ3n) is 9.68. The molecule has 2 aromatic rings.